The Morgan fingerprint density at radius 1 is 1.20 bits per heavy atom. The number of rotatable bonds is 7. The Bertz CT molecular complexity index is 157. The predicted octanol–water partition coefficient (Wildman–Crippen LogP) is 3.64. The van der Waals surface area contributed by atoms with Gasteiger partial charge in [-0.2, -0.15) is 0 Å². The van der Waals surface area contributed by atoms with E-state index in [9.17, 15) is 0 Å². The van der Waals surface area contributed by atoms with Crippen molar-refractivity contribution in [1.29, 1.82) is 0 Å². The van der Waals surface area contributed by atoms with E-state index in [1.807, 2.05) is 0 Å². The van der Waals surface area contributed by atoms with E-state index in [0.717, 1.165) is 6.42 Å². The highest BCUT2D eigenvalue weighted by Gasteiger charge is 2.20. The van der Waals surface area contributed by atoms with Crippen molar-refractivity contribution in [3.05, 3.63) is 0 Å². The van der Waals surface area contributed by atoms with Gasteiger partial charge in [0.25, 0.3) is 0 Å². The molecule has 0 aliphatic rings. The lowest BCUT2D eigenvalue weighted by atomic mass is 10.2. The first kappa shape index (κ1) is 15.8. The molecule has 0 rings (SSSR count). The number of alkyl halides is 2. The number of unbranched alkanes of at least 4 members (excludes halogenated alkanes) is 2. The summed E-state index contributed by atoms with van der Waals surface area (Å²) in [6, 6.07) is 0. The third-order valence-electron chi connectivity index (χ3n) is 2.09. The molecule has 1 nitrogen and oxygen atoms in total. The molecule has 0 spiro atoms. The highest BCUT2D eigenvalue weighted by Crippen LogP contribution is 2.17. The van der Waals surface area contributed by atoms with Gasteiger partial charge in [0.15, 0.2) is 0 Å². The van der Waals surface area contributed by atoms with Crippen LogP contribution in [0.5, 0.6) is 0 Å². The molecule has 0 amide bonds. The Balaban J connectivity index is 3.95. The molecule has 0 aliphatic heterocycles. The zero-order chi connectivity index (χ0) is 11.9. The molecule has 0 saturated carbocycles. The van der Waals surface area contributed by atoms with Crippen LogP contribution in [-0.2, 0) is 4.74 Å². The van der Waals surface area contributed by atoms with E-state index in [1.54, 1.807) is 0 Å². The van der Waals surface area contributed by atoms with Gasteiger partial charge in [0.2, 0.25) is 0 Å². The first-order valence-corrected chi connectivity index (χ1v) is 8.31. The summed E-state index contributed by atoms with van der Waals surface area (Å²) in [5.74, 6) is 0. The Labute approximate surface area is 107 Å². The fraction of sp³-hybridized carbons (Fsp3) is 1.00. The number of hydrogen-bond donors (Lipinski definition) is 0. The van der Waals surface area contributed by atoms with Gasteiger partial charge in [-0.05, 0) is 27.2 Å². The van der Waals surface area contributed by atoms with Crippen molar-refractivity contribution in [2.75, 3.05) is 0 Å². The molecule has 15 heavy (non-hydrogen) atoms. The summed E-state index contributed by atoms with van der Waals surface area (Å²) in [6.45, 7) is 8.48. The van der Waals surface area contributed by atoms with Crippen LogP contribution >= 0.6 is 23.2 Å². The number of hydrogen-bond acceptors (Lipinski definition) is 1. The summed E-state index contributed by atoms with van der Waals surface area (Å²) in [6.07, 6.45) is 4.86. The van der Waals surface area contributed by atoms with Crippen LogP contribution in [0.4, 0.5) is 0 Å². The highest BCUT2D eigenvalue weighted by molar-refractivity contribution is 6.69. The van der Waals surface area contributed by atoms with Gasteiger partial charge in [0.1, 0.15) is 0 Å². The standard InChI is InChI=1S/C11H24Cl2OSi/c1-5-6-7-8-9(15-10(12)13)14-11(2,3)4/h9-10H,5-8,15H2,1-4H3. The third-order valence-corrected chi connectivity index (χ3v) is 4.62. The molecular formula is C11H24Cl2OSi. The van der Waals surface area contributed by atoms with E-state index in [-0.39, 0.29) is 10.1 Å². The van der Waals surface area contributed by atoms with Gasteiger partial charge in [-0.3, -0.25) is 0 Å². The van der Waals surface area contributed by atoms with Crippen molar-refractivity contribution in [3.63, 3.8) is 0 Å². The van der Waals surface area contributed by atoms with E-state index >= 15 is 0 Å². The van der Waals surface area contributed by atoms with Crippen LogP contribution in [-0.4, -0.2) is 25.3 Å². The average molecular weight is 271 g/mol. The van der Waals surface area contributed by atoms with E-state index in [2.05, 4.69) is 27.7 Å². The predicted molar refractivity (Wildman–Crippen MR) is 72.8 cm³/mol. The lowest BCUT2D eigenvalue weighted by Gasteiger charge is -2.28. The number of halogens is 2. The Hall–Kier alpha value is 0.757. The Morgan fingerprint density at radius 3 is 2.20 bits per heavy atom. The summed E-state index contributed by atoms with van der Waals surface area (Å²) in [4.78, 5) is 0. The fourth-order valence-electron chi connectivity index (χ4n) is 1.55. The molecule has 0 heterocycles. The van der Waals surface area contributed by atoms with Gasteiger partial charge in [0, 0.05) is 5.73 Å². The lowest BCUT2D eigenvalue weighted by molar-refractivity contribution is -0.0280. The van der Waals surface area contributed by atoms with Gasteiger partial charge < -0.3 is 4.74 Å². The van der Waals surface area contributed by atoms with Crippen LogP contribution < -0.4 is 0 Å². The van der Waals surface area contributed by atoms with Crippen molar-refractivity contribution >= 4 is 32.7 Å². The monoisotopic (exact) mass is 270 g/mol. The van der Waals surface area contributed by atoms with Gasteiger partial charge in [-0.25, -0.2) is 0 Å². The minimum atomic E-state index is -0.539. The van der Waals surface area contributed by atoms with Crippen molar-refractivity contribution < 1.29 is 4.74 Å². The van der Waals surface area contributed by atoms with Crippen molar-refractivity contribution in [3.8, 4) is 0 Å². The minimum Gasteiger partial charge on any atom is -0.377 e. The molecule has 0 aromatic heterocycles. The van der Waals surface area contributed by atoms with E-state index in [4.69, 9.17) is 27.9 Å². The van der Waals surface area contributed by atoms with E-state index in [0.29, 0.717) is 5.73 Å². The minimum absolute atomic E-state index is 0.0768. The molecule has 0 aromatic carbocycles. The topological polar surface area (TPSA) is 9.23 Å². The summed E-state index contributed by atoms with van der Waals surface area (Å²) in [5, 5.41) is 0. The average Bonchev–Trinajstić information content (AvgIpc) is 2.00. The molecule has 0 bridgehead atoms. The summed E-state index contributed by atoms with van der Waals surface area (Å²) in [5.41, 5.74) is 0.253. The second-order valence-electron chi connectivity index (χ2n) is 4.97. The van der Waals surface area contributed by atoms with Gasteiger partial charge in [0.05, 0.1) is 19.6 Å². The van der Waals surface area contributed by atoms with E-state index in [1.165, 1.54) is 19.3 Å². The van der Waals surface area contributed by atoms with Crippen LogP contribution in [0.15, 0.2) is 0 Å². The second-order valence-corrected chi connectivity index (χ2v) is 9.49. The molecule has 1 atom stereocenters. The third kappa shape index (κ3) is 11.0. The maximum atomic E-state index is 5.99. The van der Waals surface area contributed by atoms with Gasteiger partial charge in [-0.1, -0.05) is 26.2 Å². The van der Waals surface area contributed by atoms with Crippen LogP contribution in [0.2, 0.25) is 0 Å². The number of ether oxygens (including phenoxy) is 1. The zero-order valence-electron chi connectivity index (χ0n) is 10.4. The Kier molecular flexibility index (Phi) is 8.34. The van der Waals surface area contributed by atoms with Crippen LogP contribution in [0.1, 0.15) is 53.4 Å². The quantitative estimate of drug-likeness (QED) is 0.390. The summed E-state index contributed by atoms with van der Waals surface area (Å²) in [7, 11) is -0.539. The van der Waals surface area contributed by atoms with Crippen LogP contribution in [0.25, 0.3) is 0 Å². The van der Waals surface area contributed by atoms with Crippen LogP contribution in [0.3, 0.4) is 0 Å². The lowest BCUT2D eigenvalue weighted by Crippen LogP contribution is -2.34. The maximum Gasteiger partial charge on any atom is 0.0952 e. The second kappa shape index (κ2) is 7.94. The SMILES string of the molecule is CCCCCC(OC(C)(C)C)[SiH2]C(Cl)Cl. The van der Waals surface area contributed by atoms with Crippen LogP contribution in [0, 0.1) is 0 Å². The molecule has 92 valence electrons. The Morgan fingerprint density at radius 2 is 1.80 bits per heavy atom. The van der Waals surface area contributed by atoms with Gasteiger partial charge >= 0.3 is 0 Å². The molecule has 0 aromatic rings. The van der Waals surface area contributed by atoms with Crippen molar-refractivity contribution in [2.45, 2.75) is 69.2 Å². The molecule has 0 saturated heterocycles. The first-order chi connectivity index (χ1) is 6.85. The molecule has 4 heteroatoms. The maximum absolute atomic E-state index is 5.99. The zero-order valence-corrected chi connectivity index (χ0v) is 13.3. The van der Waals surface area contributed by atoms with E-state index < -0.39 is 9.52 Å². The normalized spacial score (nSPS) is 15.4. The molecule has 0 radical (unpaired) electrons. The summed E-state index contributed by atoms with van der Waals surface area (Å²) >= 11 is 11.7. The summed E-state index contributed by atoms with van der Waals surface area (Å²) < 4.78 is 5.81. The fourth-order valence-corrected chi connectivity index (χ4v) is 4.26. The first-order valence-electron chi connectivity index (χ1n) is 5.81. The molecule has 0 aliphatic carbocycles. The molecule has 0 N–H and O–H groups in total. The van der Waals surface area contributed by atoms with Crippen molar-refractivity contribution in [2.24, 2.45) is 0 Å². The molecular weight excluding hydrogens is 247 g/mol. The highest BCUT2D eigenvalue weighted by atomic mass is 35.5. The molecule has 1 unspecified atom stereocenters. The largest absolute Gasteiger partial charge is 0.377 e. The van der Waals surface area contributed by atoms with Crippen molar-refractivity contribution in [1.82, 2.24) is 0 Å². The smallest absolute Gasteiger partial charge is 0.0952 e. The van der Waals surface area contributed by atoms with Gasteiger partial charge in [-0.15, -0.1) is 23.2 Å². The molecule has 0 fully saturated rings.